The number of hydrogen-bond donors (Lipinski definition) is 0. The molecule has 0 fully saturated rings. The fourth-order valence-corrected chi connectivity index (χ4v) is 1.35. The first-order chi connectivity index (χ1) is 6.72. The van der Waals surface area contributed by atoms with Crippen LogP contribution < -0.4 is 4.74 Å². The molecule has 3 heteroatoms. The summed E-state index contributed by atoms with van der Waals surface area (Å²) >= 11 is 0. The monoisotopic (exact) mass is 191 g/mol. The highest BCUT2D eigenvalue weighted by Gasteiger charge is 2.11. The molecule has 14 heavy (non-hydrogen) atoms. The van der Waals surface area contributed by atoms with Crippen LogP contribution in [-0.4, -0.2) is 12.1 Å². The number of nitrogens with zero attached hydrogens (tertiary/aromatic N) is 1. The van der Waals surface area contributed by atoms with Gasteiger partial charge in [0.15, 0.2) is 17.0 Å². The Balaban J connectivity index is 2.64. The molecule has 0 spiro atoms. The Morgan fingerprint density at radius 1 is 1.36 bits per heavy atom. The van der Waals surface area contributed by atoms with Gasteiger partial charge in [0.25, 0.3) is 0 Å². The van der Waals surface area contributed by atoms with E-state index in [0.717, 1.165) is 22.7 Å². The number of hydrogen-bond acceptors (Lipinski definition) is 3. The molecule has 0 saturated heterocycles. The summed E-state index contributed by atoms with van der Waals surface area (Å²) in [7, 11) is 1.64. The molecule has 2 aromatic rings. The van der Waals surface area contributed by atoms with Gasteiger partial charge in [-0.1, -0.05) is 19.9 Å². The predicted octanol–water partition coefficient (Wildman–Crippen LogP) is 2.96. The van der Waals surface area contributed by atoms with Crippen LogP contribution in [0.5, 0.6) is 5.75 Å². The molecule has 2 rings (SSSR count). The Kier molecular flexibility index (Phi) is 2.15. The van der Waals surface area contributed by atoms with E-state index in [0.29, 0.717) is 5.92 Å². The molecule has 0 saturated carbocycles. The van der Waals surface area contributed by atoms with Crippen molar-refractivity contribution in [3.63, 3.8) is 0 Å². The van der Waals surface area contributed by atoms with Crippen molar-refractivity contribution in [3.05, 3.63) is 24.1 Å². The van der Waals surface area contributed by atoms with Crippen molar-refractivity contribution in [2.24, 2.45) is 0 Å². The quantitative estimate of drug-likeness (QED) is 0.732. The predicted molar refractivity (Wildman–Crippen MR) is 54.7 cm³/mol. The summed E-state index contributed by atoms with van der Waals surface area (Å²) in [5.41, 5.74) is 1.59. The molecule has 1 aromatic carbocycles. The lowest BCUT2D eigenvalue weighted by atomic mass is 10.2. The lowest BCUT2D eigenvalue weighted by molar-refractivity contribution is 0.419. The smallest absolute Gasteiger partial charge is 0.198 e. The van der Waals surface area contributed by atoms with Gasteiger partial charge in [-0.05, 0) is 12.1 Å². The molecule has 0 atom stereocenters. The molecular weight excluding hydrogens is 178 g/mol. The van der Waals surface area contributed by atoms with Gasteiger partial charge >= 0.3 is 0 Å². The normalized spacial score (nSPS) is 11.1. The van der Waals surface area contributed by atoms with Gasteiger partial charge in [-0.25, -0.2) is 4.98 Å². The number of aromatic nitrogens is 1. The first-order valence-corrected chi connectivity index (χ1v) is 4.66. The van der Waals surface area contributed by atoms with Crippen molar-refractivity contribution >= 4 is 11.1 Å². The van der Waals surface area contributed by atoms with E-state index in [-0.39, 0.29) is 0 Å². The van der Waals surface area contributed by atoms with Gasteiger partial charge < -0.3 is 9.15 Å². The molecule has 0 aliphatic carbocycles. The number of rotatable bonds is 2. The summed E-state index contributed by atoms with van der Waals surface area (Å²) in [5, 5.41) is 0. The standard InChI is InChI=1S/C11H13NO2/c1-7(2)11-12-10-8(13-3)5-4-6-9(10)14-11/h4-7H,1-3H3. The van der Waals surface area contributed by atoms with Gasteiger partial charge in [0.05, 0.1) is 7.11 Å². The number of oxazole rings is 1. The van der Waals surface area contributed by atoms with E-state index in [2.05, 4.69) is 18.8 Å². The van der Waals surface area contributed by atoms with Crippen molar-refractivity contribution in [1.82, 2.24) is 4.98 Å². The van der Waals surface area contributed by atoms with Crippen molar-refractivity contribution in [1.29, 1.82) is 0 Å². The summed E-state index contributed by atoms with van der Waals surface area (Å²) in [5.74, 6) is 1.81. The largest absolute Gasteiger partial charge is 0.494 e. The summed E-state index contributed by atoms with van der Waals surface area (Å²) in [6.45, 7) is 4.11. The highest BCUT2D eigenvalue weighted by atomic mass is 16.5. The maximum atomic E-state index is 5.58. The summed E-state index contributed by atoms with van der Waals surface area (Å²) in [4.78, 5) is 4.39. The van der Waals surface area contributed by atoms with Gasteiger partial charge in [-0.3, -0.25) is 0 Å². The lowest BCUT2D eigenvalue weighted by Gasteiger charge is -1.96. The van der Waals surface area contributed by atoms with Crippen LogP contribution in [-0.2, 0) is 0 Å². The Morgan fingerprint density at radius 3 is 2.79 bits per heavy atom. The van der Waals surface area contributed by atoms with Gasteiger partial charge in [-0.2, -0.15) is 0 Å². The zero-order valence-electron chi connectivity index (χ0n) is 8.57. The molecule has 0 aliphatic heterocycles. The SMILES string of the molecule is COc1cccc2oc(C(C)C)nc12. The van der Waals surface area contributed by atoms with Crippen molar-refractivity contribution in [2.45, 2.75) is 19.8 Å². The van der Waals surface area contributed by atoms with Crippen LogP contribution in [0.1, 0.15) is 25.7 Å². The molecular formula is C11H13NO2. The van der Waals surface area contributed by atoms with Crippen LogP contribution in [0.15, 0.2) is 22.6 Å². The van der Waals surface area contributed by atoms with Crippen LogP contribution in [0.4, 0.5) is 0 Å². The first-order valence-electron chi connectivity index (χ1n) is 4.66. The van der Waals surface area contributed by atoms with E-state index < -0.39 is 0 Å². The molecule has 0 bridgehead atoms. The van der Waals surface area contributed by atoms with Gasteiger partial charge in [-0.15, -0.1) is 0 Å². The molecule has 3 nitrogen and oxygen atoms in total. The second-order valence-corrected chi connectivity index (χ2v) is 3.51. The number of methoxy groups -OCH3 is 1. The first kappa shape index (κ1) is 9.06. The molecule has 1 heterocycles. The Bertz CT molecular complexity index is 445. The summed E-state index contributed by atoms with van der Waals surface area (Å²) in [6, 6.07) is 5.68. The zero-order chi connectivity index (χ0) is 10.1. The van der Waals surface area contributed by atoms with E-state index in [4.69, 9.17) is 9.15 Å². The summed E-state index contributed by atoms with van der Waals surface area (Å²) in [6.07, 6.45) is 0. The lowest BCUT2D eigenvalue weighted by Crippen LogP contribution is -1.86. The van der Waals surface area contributed by atoms with Crippen molar-refractivity contribution in [2.75, 3.05) is 7.11 Å². The second-order valence-electron chi connectivity index (χ2n) is 3.51. The van der Waals surface area contributed by atoms with Crippen LogP contribution in [0.2, 0.25) is 0 Å². The third kappa shape index (κ3) is 1.35. The third-order valence-electron chi connectivity index (χ3n) is 2.11. The second kappa shape index (κ2) is 3.33. The van der Waals surface area contributed by atoms with E-state index in [1.165, 1.54) is 0 Å². The van der Waals surface area contributed by atoms with E-state index in [1.54, 1.807) is 7.11 Å². The highest BCUT2D eigenvalue weighted by Crippen LogP contribution is 2.27. The minimum absolute atomic E-state index is 0.298. The molecule has 1 aromatic heterocycles. The molecule has 0 amide bonds. The minimum atomic E-state index is 0.298. The van der Waals surface area contributed by atoms with Crippen molar-refractivity contribution < 1.29 is 9.15 Å². The average Bonchev–Trinajstić information content (AvgIpc) is 2.60. The fraction of sp³-hybridized carbons (Fsp3) is 0.364. The van der Waals surface area contributed by atoms with E-state index >= 15 is 0 Å². The molecule has 0 unspecified atom stereocenters. The van der Waals surface area contributed by atoms with Gasteiger partial charge in [0, 0.05) is 5.92 Å². The number of para-hydroxylation sites is 1. The Hall–Kier alpha value is -1.51. The van der Waals surface area contributed by atoms with Crippen LogP contribution in [0.3, 0.4) is 0 Å². The fourth-order valence-electron chi connectivity index (χ4n) is 1.35. The number of ether oxygens (including phenoxy) is 1. The number of fused-ring (bicyclic) bond motifs is 1. The molecule has 74 valence electrons. The van der Waals surface area contributed by atoms with Gasteiger partial charge in [0.2, 0.25) is 0 Å². The Labute approximate surface area is 82.7 Å². The molecule has 0 radical (unpaired) electrons. The molecule has 0 N–H and O–H groups in total. The Morgan fingerprint density at radius 2 is 2.14 bits per heavy atom. The third-order valence-corrected chi connectivity index (χ3v) is 2.11. The zero-order valence-corrected chi connectivity index (χ0v) is 8.57. The topological polar surface area (TPSA) is 35.3 Å². The maximum absolute atomic E-state index is 5.58. The number of benzene rings is 1. The van der Waals surface area contributed by atoms with Gasteiger partial charge in [0.1, 0.15) is 5.75 Å². The van der Waals surface area contributed by atoms with Crippen LogP contribution in [0.25, 0.3) is 11.1 Å². The molecule has 0 aliphatic rings. The van der Waals surface area contributed by atoms with Crippen molar-refractivity contribution in [3.8, 4) is 5.75 Å². The van der Waals surface area contributed by atoms with E-state index in [1.807, 2.05) is 18.2 Å². The van der Waals surface area contributed by atoms with Crippen LogP contribution >= 0.6 is 0 Å². The minimum Gasteiger partial charge on any atom is -0.494 e. The average molecular weight is 191 g/mol. The highest BCUT2D eigenvalue weighted by molar-refractivity contribution is 5.79. The van der Waals surface area contributed by atoms with Crippen LogP contribution in [0, 0.1) is 0 Å². The maximum Gasteiger partial charge on any atom is 0.198 e. The summed E-state index contributed by atoms with van der Waals surface area (Å²) < 4.78 is 10.8. The van der Waals surface area contributed by atoms with E-state index in [9.17, 15) is 0 Å².